The summed E-state index contributed by atoms with van der Waals surface area (Å²) >= 11 is 0. The minimum Gasteiger partial charge on any atom is -0.356 e. The van der Waals surface area contributed by atoms with Gasteiger partial charge in [-0.3, -0.25) is 4.99 Å². The lowest BCUT2D eigenvalue weighted by Crippen LogP contribution is -2.39. The predicted octanol–water partition coefficient (Wildman–Crippen LogP) is 2.08. The van der Waals surface area contributed by atoms with Crippen LogP contribution in [0.2, 0.25) is 0 Å². The van der Waals surface area contributed by atoms with E-state index in [0.29, 0.717) is 0 Å². The second kappa shape index (κ2) is 8.67. The first-order chi connectivity index (χ1) is 10.3. The van der Waals surface area contributed by atoms with Crippen LogP contribution >= 0.6 is 0 Å². The molecule has 1 unspecified atom stereocenters. The molecule has 0 amide bonds. The van der Waals surface area contributed by atoms with E-state index in [1.54, 1.807) is 0 Å². The van der Waals surface area contributed by atoms with Crippen LogP contribution in [0.1, 0.15) is 25.3 Å². The highest BCUT2D eigenvalue weighted by molar-refractivity contribution is 5.79. The number of nitrogens with zero attached hydrogens (tertiary/aromatic N) is 2. The minimum absolute atomic E-state index is 0.742. The molecule has 1 aromatic rings. The molecular weight excluding hydrogens is 260 g/mol. The first kappa shape index (κ1) is 15.8. The van der Waals surface area contributed by atoms with Gasteiger partial charge in [0.25, 0.3) is 0 Å². The number of likely N-dealkylation sites (tertiary alicyclic amines) is 1. The van der Waals surface area contributed by atoms with E-state index >= 15 is 0 Å². The van der Waals surface area contributed by atoms with Crippen molar-refractivity contribution in [2.24, 2.45) is 10.9 Å². The molecule has 1 atom stereocenters. The number of hydrogen-bond acceptors (Lipinski definition) is 2. The van der Waals surface area contributed by atoms with Crippen molar-refractivity contribution in [1.82, 2.24) is 15.5 Å². The van der Waals surface area contributed by atoms with Crippen molar-refractivity contribution in [3.63, 3.8) is 0 Å². The number of benzene rings is 1. The van der Waals surface area contributed by atoms with Crippen molar-refractivity contribution in [2.75, 3.05) is 33.2 Å². The van der Waals surface area contributed by atoms with Crippen LogP contribution in [0, 0.1) is 5.92 Å². The van der Waals surface area contributed by atoms with Gasteiger partial charge in [-0.1, -0.05) is 37.3 Å². The average Bonchev–Trinajstić information content (AvgIpc) is 2.96. The van der Waals surface area contributed by atoms with Crippen molar-refractivity contribution in [1.29, 1.82) is 0 Å². The fourth-order valence-corrected chi connectivity index (χ4v) is 2.84. The van der Waals surface area contributed by atoms with Crippen molar-refractivity contribution < 1.29 is 0 Å². The summed E-state index contributed by atoms with van der Waals surface area (Å²) in [6, 6.07) is 10.4. The summed E-state index contributed by atoms with van der Waals surface area (Å²) in [7, 11) is 1.83. The fraction of sp³-hybridized carbons (Fsp3) is 0.588. The summed E-state index contributed by atoms with van der Waals surface area (Å²) in [5, 5.41) is 6.83. The molecule has 1 fully saturated rings. The van der Waals surface area contributed by atoms with Gasteiger partial charge in [0.15, 0.2) is 5.96 Å². The molecule has 0 spiro atoms. The van der Waals surface area contributed by atoms with Gasteiger partial charge in [-0.05, 0) is 37.4 Å². The van der Waals surface area contributed by atoms with E-state index in [1.807, 2.05) is 13.1 Å². The molecule has 2 rings (SSSR count). The van der Waals surface area contributed by atoms with Gasteiger partial charge in [0.1, 0.15) is 0 Å². The Bertz CT molecular complexity index is 430. The van der Waals surface area contributed by atoms with Gasteiger partial charge in [0, 0.05) is 26.7 Å². The van der Waals surface area contributed by atoms with Gasteiger partial charge in [-0.15, -0.1) is 0 Å². The fourth-order valence-electron chi connectivity index (χ4n) is 2.84. The van der Waals surface area contributed by atoms with Crippen LogP contribution in [0.5, 0.6) is 0 Å². The smallest absolute Gasteiger partial charge is 0.191 e. The normalized spacial score (nSPS) is 19.7. The Morgan fingerprint density at radius 1 is 1.29 bits per heavy atom. The number of rotatable bonds is 6. The Kier molecular flexibility index (Phi) is 6.54. The molecule has 116 valence electrons. The highest BCUT2D eigenvalue weighted by Crippen LogP contribution is 2.15. The summed E-state index contributed by atoms with van der Waals surface area (Å²) in [5.74, 6) is 1.64. The van der Waals surface area contributed by atoms with Gasteiger partial charge in [0.2, 0.25) is 0 Å². The van der Waals surface area contributed by atoms with E-state index in [0.717, 1.165) is 25.0 Å². The summed E-state index contributed by atoms with van der Waals surface area (Å²) in [4.78, 5) is 6.86. The second-order valence-electron chi connectivity index (χ2n) is 5.75. The summed E-state index contributed by atoms with van der Waals surface area (Å²) in [5.41, 5.74) is 1.27. The number of aliphatic imine (C=N–C) groups is 1. The van der Waals surface area contributed by atoms with Crippen molar-refractivity contribution in [3.8, 4) is 0 Å². The average molecular weight is 288 g/mol. The molecule has 1 heterocycles. The molecule has 1 aliphatic rings. The molecule has 0 aliphatic carbocycles. The molecule has 0 bridgehead atoms. The Hall–Kier alpha value is -1.55. The largest absolute Gasteiger partial charge is 0.356 e. The van der Waals surface area contributed by atoms with Crippen LogP contribution in [0.25, 0.3) is 0 Å². The number of guanidine groups is 1. The van der Waals surface area contributed by atoms with Crippen LogP contribution in [0.3, 0.4) is 0 Å². The molecule has 0 aromatic heterocycles. The molecule has 4 heteroatoms. The first-order valence-corrected chi connectivity index (χ1v) is 8.02. The van der Waals surface area contributed by atoms with E-state index in [1.165, 1.54) is 38.0 Å². The predicted molar refractivity (Wildman–Crippen MR) is 89.5 cm³/mol. The van der Waals surface area contributed by atoms with Gasteiger partial charge in [-0.25, -0.2) is 0 Å². The van der Waals surface area contributed by atoms with Gasteiger partial charge >= 0.3 is 0 Å². The highest BCUT2D eigenvalue weighted by atomic mass is 15.2. The molecule has 2 N–H and O–H groups in total. The third-order valence-corrected chi connectivity index (χ3v) is 3.99. The van der Waals surface area contributed by atoms with Gasteiger partial charge in [-0.2, -0.15) is 0 Å². The van der Waals surface area contributed by atoms with Crippen LogP contribution in [-0.2, 0) is 6.54 Å². The molecule has 4 nitrogen and oxygen atoms in total. The SMILES string of the molecule is CCCN1CCC(CNC(=NC)NCc2ccccc2)C1. The number of hydrogen-bond donors (Lipinski definition) is 2. The van der Waals surface area contributed by atoms with E-state index in [2.05, 4.69) is 51.7 Å². The number of nitrogens with one attached hydrogen (secondary N) is 2. The molecule has 1 aliphatic heterocycles. The van der Waals surface area contributed by atoms with E-state index in [9.17, 15) is 0 Å². The maximum absolute atomic E-state index is 4.30. The quantitative estimate of drug-likeness (QED) is 0.622. The van der Waals surface area contributed by atoms with Crippen molar-refractivity contribution in [3.05, 3.63) is 35.9 Å². The summed E-state index contributed by atoms with van der Waals surface area (Å²) in [6.07, 6.45) is 2.54. The lowest BCUT2D eigenvalue weighted by molar-refractivity contribution is 0.324. The zero-order valence-electron chi connectivity index (χ0n) is 13.3. The Morgan fingerprint density at radius 2 is 2.10 bits per heavy atom. The third kappa shape index (κ3) is 5.38. The maximum Gasteiger partial charge on any atom is 0.191 e. The zero-order chi connectivity index (χ0) is 14.9. The molecule has 1 saturated heterocycles. The summed E-state index contributed by atoms with van der Waals surface area (Å²) < 4.78 is 0. The van der Waals surface area contributed by atoms with Gasteiger partial charge < -0.3 is 15.5 Å². The molecule has 0 saturated carbocycles. The van der Waals surface area contributed by atoms with Crippen LogP contribution in [0.4, 0.5) is 0 Å². The monoisotopic (exact) mass is 288 g/mol. The first-order valence-electron chi connectivity index (χ1n) is 8.02. The van der Waals surface area contributed by atoms with E-state index < -0.39 is 0 Å². The topological polar surface area (TPSA) is 39.7 Å². The zero-order valence-corrected chi connectivity index (χ0v) is 13.3. The molecule has 21 heavy (non-hydrogen) atoms. The van der Waals surface area contributed by atoms with Crippen LogP contribution in [0.15, 0.2) is 35.3 Å². The summed E-state index contributed by atoms with van der Waals surface area (Å²) in [6.45, 7) is 7.77. The Morgan fingerprint density at radius 3 is 2.81 bits per heavy atom. The lowest BCUT2D eigenvalue weighted by Gasteiger charge is -2.17. The Labute approximate surface area is 128 Å². The maximum atomic E-state index is 4.30. The highest BCUT2D eigenvalue weighted by Gasteiger charge is 2.21. The molecule has 1 aromatic carbocycles. The minimum atomic E-state index is 0.742. The van der Waals surface area contributed by atoms with Gasteiger partial charge in [0.05, 0.1) is 0 Å². The third-order valence-electron chi connectivity index (χ3n) is 3.99. The van der Waals surface area contributed by atoms with Crippen LogP contribution < -0.4 is 10.6 Å². The molecule has 0 radical (unpaired) electrons. The standard InChI is InChI=1S/C17H28N4/c1-3-10-21-11-9-16(14-21)13-20-17(18-2)19-12-15-7-5-4-6-8-15/h4-8,16H,3,9-14H2,1-2H3,(H2,18,19,20). The lowest BCUT2D eigenvalue weighted by atomic mass is 10.1. The second-order valence-corrected chi connectivity index (χ2v) is 5.75. The van der Waals surface area contributed by atoms with E-state index in [-0.39, 0.29) is 0 Å². The van der Waals surface area contributed by atoms with Crippen molar-refractivity contribution >= 4 is 5.96 Å². The van der Waals surface area contributed by atoms with E-state index in [4.69, 9.17) is 0 Å². The van der Waals surface area contributed by atoms with Crippen LogP contribution in [-0.4, -0.2) is 44.1 Å². The Balaban J connectivity index is 1.69. The molecular formula is C17H28N4. The van der Waals surface area contributed by atoms with Crippen molar-refractivity contribution in [2.45, 2.75) is 26.3 Å².